The second-order valence-electron chi connectivity index (χ2n) is 5.82. The van der Waals surface area contributed by atoms with E-state index in [0.29, 0.717) is 12.0 Å². The maximum absolute atomic E-state index is 11.6. The van der Waals surface area contributed by atoms with Gasteiger partial charge in [-0.25, -0.2) is 0 Å². The fraction of sp³-hybridized carbons (Fsp3) is 0.562. The molecule has 0 aliphatic heterocycles. The Morgan fingerprint density at radius 1 is 1.16 bits per heavy atom. The molecule has 2 N–H and O–H groups in total. The largest absolute Gasteiger partial charge is 0.480 e. The number of rotatable bonds is 5. The fourth-order valence-corrected chi connectivity index (χ4v) is 3.16. The molecular weight excluding hydrogens is 238 g/mol. The second kappa shape index (κ2) is 5.33. The van der Waals surface area contributed by atoms with Crippen molar-refractivity contribution in [2.24, 2.45) is 0 Å². The Bertz CT molecular complexity index is 462. The molecule has 0 bridgehead atoms. The van der Waals surface area contributed by atoms with Gasteiger partial charge in [-0.05, 0) is 42.7 Å². The average Bonchev–Trinajstić information content (AvgIpc) is 3.13. The number of hydrogen-bond acceptors (Lipinski definition) is 2. The van der Waals surface area contributed by atoms with Crippen LogP contribution in [0.25, 0.3) is 0 Å². The first kappa shape index (κ1) is 12.7. The average molecular weight is 259 g/mol. The smallest absolute Gasteiger partial charge is 0.325 e. The Hall–Kier alpha value is -1.35. The van der Waals surface area contributed by atoms with E-state index in [0.717, 1.165) is 18.4 Å². The minimum atomic E-state index is -0.750. The van der Waals surface area contributed by atoms with Crippen LogP contribution in [-0.4, -0.2) is 17.1 Å². The topological polar surface area (TPSA) is 49.3 Å². The molecule has 0 radical (unpaired) electrons. The summed E-state index contributed by atoms with van der Waals surface area (Å²) in [4.78, 5) is 11.6. The van der Waals surface area contributed by atoms with Crippen molar-refractivity contribution < 1.29 is 9.90 Å². The van der Waals surface area contributed by atoms with Crippen LogP contribution in [0.15, 0.2) is 24.3 Å². The number of carbonyl (C=O) groups is 1. The second-order valence-corrected chi connectivity index (χ2v) is 5.82. The Kier molecular flexibility index (Phi) is 3.56. The fourth-order valence-electron chi connectivity index (χ4n) is 3.16. The van der Waals surface area contributed by atoms with Gasteiger partial charge in [0.25, 0.3) is 0 Å². The molecule has 3 heteroatoms. The molecular formula is C16H21NO2. The molecule has 2 aliphatic rings. The standard InChI is InChI=1S/C16H21NO2/c18-16(19)15(17-12-5-1-2-6-12)14-8-4-3-7-13(14)11-9-10-11/h3-4,7-8,11-12,15,17H,1-2,5-6,9-10H2,(H,18,19). The summed E-state index contributed by atoms with van der Waals surface area (Å²) in [7, 11) is 0. The van der Waals surface area contributed by atoms with Crippen LogP contribution in [-0.2, 0) is 4.79 Å². The number of carboxylic acids is 1. The number of aliphatic carboxylic acids is 1. The summed E-state index contributed by atoms with van der Waals surface area (Å²) in [6.07, 6.45) is 7.05. The Morgan fingerprint density at radius 2 is 1.84 bits per heavy atom. The summed E-state index contributed by atoms with van der Waals surface area (Å²) in [6.45, 7) is 0. The predicted octanol–water partition coefficient (Wildman–Crippen LogP) is 3.22. The van der Waals surface area contributed by atoms with Crippen LogP contribution in [0.1, 0.15) is 61.6 Å². The van der Waals surface area contributed by atoms with E-state index in [-0.39, 0.29) is 0 Å². The van der Waals surface area contributed by atoms with E-state index in [1.54, 1.807) is 0 Å². The highest BCUT2D eigenvalue weighted by Crippen LogP contribution is 2.43. The zero-order valence-electron chi connectivity index (χ0n) is 11.1. The summed E-state index contributed by atoms with van der Waals surface area (Å²) in [5.41, 5.74) is 2.21. The van der Waals surface area contributed by atoms with Gasteiger partial charge in [0, 0.05) is 6.04 Å². The minimum absolute atomic E-state index is 0.369. The van der Waals surface area contributed by atoms with Gasteiger partial charge in [-0.1, -0.05) is 37.1 Å². The number of benzene rings is 1. The molecule has 102 valence electrons. The third-order valence-corrected chi connectivity index (χ3v) is 4.33. The van der Waals surface area contributed by atoms with E-state index >= 15 is 0 Å². The lowest BCUT2D eigenvalue weighted by molar-refractivity contribution is -0.139. The lowest BCUT2D eigenvalue weighted by atomic mass is 9.96. The van der Waals surface area contributed by atoms with Crippen LogP contribution >= 0.6 is 0 Å². The van der Waals surface area contributed by atoms with Crippen LogP contribution in [0.4, 0.5) is 0 Å². The van der Waals surface area contributed by atoms with Gasteiger partial charge < -0.3 is 5.11 Å². The molecule has 19 heavy (non-hydrogen) atoms. The minimum Gasteiger partial charge on any atom is -0.480 e. The highest BCUT2D eigenvalue weighted by atomic mass is 16.4. The van der Waals surface area contributed by atoms with Gasteiger partial charge in [-0.2, -0.15) is 0 Å². The maximum atomic E-state index is 11.6. The normalized spacial score (nSPS) is 21.5. The van der Waals surface area contributed by atoms with Crippen molar-refractivity contribution in [1.29, 1.82) is 0 Å². The van der Waals surface area contributed by atoms with E-state index in [1.165, 1.54) is 31.2 Å². The van der Waals surface area contributed by atoms with E-state index in [2.05, 4.69) is 11.4 Å². The molecule has 1 atom stereocenters. The lowest BCUT2D eigenvalue weighted by Crippen LogP contribution is -2.36. The molecule has 2 aliphatic carbocycles. The first-order chi connectivity index (χ1) is 9.25. The molecule has 0 amide bonds. The SMILES string of the molecule is O=C(O)C(NC1CCCC1)c1ccccc1C1CC1. The van der Waals surface area contributed by atoms with Crippen LogP contribution in [0, 0.1) is 0 Å². The molecule has 3 nitrogen and oxygen atoms in total. The summed E-state index contributed by atoms with van der Waals surface area (Å²) in [6, 6.07) is 7.88. The first-order valence-corrected chi connectivity index (χ1v) is 7.33. The van der Waals surface area contributed by atoms with Gasteiger partial charge in [0.1, 0.15) is 6.04 Å². The molecule has 2 saturated carbocycles. The molecule has 0 saturated heterocycles. The molecule has 3 rings (SSSR count). The van der Waals surface area contributed by atoms with E-state index < -0.39 is 12.0 Å². The van der Waals surface area contributed by atoms with Crippen molar-refractivity contribution in [2.75, 3.05) is 0 Å². The molecule has 0 aromatic heterocycles. The molecule has 1 aromatic carbocycles. The lowest BCUT2D eigenvalue weighted by Gasteiger charge is -2.22. The highest BCUT2D eigenvalue weighted by Gasteiger charge is 2.32. The molecule has 1 aromatic rings. The molecule has 1 unspecified atom stereocenters. The number of hydrogen-bond donors (Lipinski definition) is 2. The summed E-state index contributed by atoms with van der Waals surface area (Å²) < 4.78 is 0. The third-order valence-electron chi connectivity index (χ3n) is 4.33. The first-order valence-electron chi connectivity index (χ1n) is 7.33. The summed E-state index contributed by atoms with van der Waals surface area (Å²) in [5, 5.41) is 12.9. The molecule has 2 fully saturated rings. The van der Waals surface area contributed by atoms with Crippen molar-refractivity contribution in [3.8, 4) is 0 Å². The molecule has 0 spiro atoms. The Balaban J connectivity index is 1.84. The zero-order valence-corrected chi connectivity index (χ0v) is 11.1. The van der Waals surface area contributed by atoms with Gasteiger partial charge in [0.2, 0.25) is 0 Å². The van der Waals surface area contributed by atoms with E-state index in [4.69, 9.17) is 0 Å². The van der Waals surface area contributed by atoms with Crippen molar-refractivity contribution in [3.63, 3.8) is 0 Å². The van der Waals surface area contributed by atoms with Crippen molar-refractivity contribution in [2.45, 2.75) is 56.5 Å². The summed E-state index contributed by atoms with van der Waals surface area (Å²) >= 11 is 0. The Morgan fingerprint density at radius 3 is 2.47 bits per heavy atom. The van der Waals surface area contributed by atoms with Crippen molar-refractivity contribution in [3.05, 3.63) is 35.4 Å². The number of carboxylic acid groups (broad SMARTS) is 1. The summed E-state index contributed by atoms with van der Waals surface area (Å²) in [5.74, 6) is -0.163. The third kappa shape index (κ3) is 2.81. The molecule has 0 heterocycles. The van der Waals surface area contributed by atoms with Gasteiger partial charge in [0.15, 0.2) is 0 Å². The van der Waals surface area contributed by atoms with Gasteiger partial charge in [0.05, 0.1) is 0 Å². The van der Waals surface area contributed by atoms with Gasteiger partial charge in [-0.15, -0.1) is 0 Å². The van der Waals surface area contributed by atoms with Crippen LogP contribution < -0.4 is 5.32 Å². The zero-order chi connectivity index (χ0) is 13.2. The van der Waals surface area contributed by atoms with E-state index in [1.807, 2.05) is 18.2 Å². The van der Waals surface area contributed by atoms with Gasteiger partial charge >= 0.3 is 5.97 Å². The number of nitrogens with one attached hydrogen (secondary N) is 1. The predicted molar refractivity (Wildman–Crippen MR) is 74.2 cm³/mol. The van der Waals surface area contributed by atoms with Crippen molar-refractivity contribution in [1.82, 2.24) is 5.32 Å². The van der Waals surface area contributed by atoms with Crippen LogP contribution in [0.3, 0.4) is 0 Å². The quantitative estimate of drug-likeness (QED) is 0.853. The van der Waals surface area contributed by atoms with Crippen molar-refractivity contribution >= 4 is 5.97 Å². The highest BCUT2D eigenvalue weighted by molar-refractivity contribution is 5.76. The van der Waals surface area contributed by atoms with Gasteiger partial charge in [-0.3, -0.25) is 10.1 Å². The Labute approximate surface area is 114 Å². The van der Waals surface area contributed by atoms with Crippen LogP contribution in [0.2, 0.25) is 0 Å². The maximum Gasteiger partial charge on any atom is 0.325 e. The van der Waals surface area contributed by atoms with Crippen LogP contribution in [0.5, 0.6) is 0 Å². The monoisotopic (exact) mass is 259 g/mol. The van der Waals surface area contributed by atoms with E-state index in [9.17, 15) is 9.90 Å².